The number of nitrogens with one attached hydrogen (secondary N) is 1. The van der Waals surface area contributed by atoms with Gasteiger partial charge in [-0.05, 0) is 50.7 Å². The molecule has 3 heterocycles. The van der Waals surface area contributed by atoms with Gasteiger partial charge in [0, 0.05) is 53.3 Å². The second-order valence-electron chi connectivity index (χ2n) is 10.9. The molecule has 8 nitrogen and oxygen atoms in total. The quantitative estimate of drug-likeness (QED) is 0.214. The Labute approximate surface area is 261 Å². The molecule has 0 radical (unpaired) electrons. The van der Waals surface area contributed by atoms with Crippen molar-refractivity contribution in [3.8, 4) is 11.1 Å². The third-order valence-corrected chi connectivity index (χ3v) is 9.38. The maximum absolute atomic E-state index is 14.9. The van der Waals surface area contributed by atoms with Gasteiger partial charge in [-0.15, -0.1) is 11.8 Å². The summed E-state index contributed by atoms with van der Waals surface area (Å²) in [6.45, 7) is 8.66. The van der Waals surface area contributed by atoms with Gasteiger partial charge in [0.2, 0.25) is 5.91 Å². The molecule has 2 aliphatic rings. The molecule has 1 N–H and O–H groups in total. The predicted molar refractivity (Wildman–Crippen MR) is 164 cm³/mol. The molecule has 14 heteroatoms. The van der Waals surface area contributed by atoms with E-state index < -0.39 is 29.4 Å². The zero-order valence-electron chi connectivity index (χ0n) is 24.4. The molecule has 236 valence electrons. The van der Waals surface area contributed by atoms with Crippen LogP contribution in [-0.4, -0.2) is 77.6 Å². The van der Waals surface area contributed by atoms with Crippen molar-refractivity contribution < 1.29 is 27.1 Å². The van der Waals surface area contributed by atoms with Gasteiger partial charge in [0.1, 0.15) is 11.6 Å². The molecule has 1 aromatic heterocycles. The Hall–Kier alpha value is -3.13. The highest BCUT2D eigenvalue weighted by atomic mass is 35.5. The van der Waals surface area contributed by atoms with Crippen molar-refractivity contribution in [3.63, 3.8) is 0 Å². The summed E-state index contributed by atoms with van der Waals surface area (Å²) in [4.78, 5) is 34.2. The molecular weight excluding hydrogens is 622 g/mol. The zero-order valence-corrected chi connectivity index (χ0v) is 26.0. The van der Waals surface area contributed by atoms with Gasteiger partial charge in [-0.2, -0.15) is 18.2 Å². The largest absolute Gasteiger partial charge is 0.417 e. The molecular formula is C30H32ClF4N5O3S. The normalized spacial score (nSPS) is 20.6. The van der Waals surface area contributed by atoms with Gasteiger partial charge in [-0.25, -0.2) is 9.18 Å². The summed E-state index contributed by atoms with van der Waals surface area (Å²) in [6.07, 6.45) is -4.09. The van der Waals surface area contributed by atoms with Crippen molar-refractivity contribution in [1.82, 2.24) is 19.8 Å². The molecule has 5 rings (SSSR count). The summed E-state index contributed by atoms with van der Waals surface area (Å²) in [7, 11) is 1.77. The van der Waals surface area contributed by atoms with Crippen LogP contribution >= 0.6 is 23.4 Å². The van der Waals surface area contributed by atoms with Crippen LogP contribution in [0.1, 0.15) is 19.4 Å². The van der Waals surface area contributed by atoms with Crippen molar-refractivity contribution in [2.75, 3.05) is 43.9 Å². The van der Waals surface area contributed by atoms with E-state index in [-0.39, 0.29) is 81.1 Å². The maximum atomic E-state index is 14.9. The fourth-order valence-corrected chi connectivity index (χ4v) is 7.47. The van der Waals surface area contributed by atoms with Gasteiger partial charge in [-0.1, -0.05) is 24.2 Å². The van der Waals surface area contributed by atoms with E-state index in [0.717, 1.165) is 23.9 Å². The third-order valence-electron chi connectivity index (χ3n) is 7.87. The number of carbonyl (C=O) groups is 1. The van der Waals surface area contributed by atoms with Crippen molar-refractivity contribution >= 4 is 46.0 Å². The minimum absolute atomic E-state index is 0.0684. The summed E-state index contributed by atoms with van der Waals surface area (Å²) < 4.78 is 66.2. The van der Waals surface area contributed by atoms with E-state index >= 15 is 0 Å². The highest BCUT2D eigenvalue weighted by Gasteiger charge is 2.40. The van der Waals surface area contributed by atoms with E-state index in [1.54, 1.807) is 16.8 Å². The van der Waals surface area contributed by atoms with E-state index in [2.05, 4.69) is 16.9 Å². The van der Waals surface area contributed by atoms with Gasteiger partial charge in [0.05, 0.1) is 35.4 Å². The van der Waals surface area contributed by atoms with Gasteiger partial charge >= 0.3 is 11.9 Å². The lowest BCUT2D eigenvalue weighted by Crippen LogP contribution is -2.58. The number of halogens is 5. The van der Waals surface area contributed by atoms with Gasteiger partial charge in [0.25, 0.3) is 0 Å². The first-order valence-corrected chi connectivity index (χ1v) is 15.4. The van der Waals surface area contributed by atoms with Crippen molar-refractivity contribution in [2.24, 2.45) is 0 Å². The number of alkyl halides is 3. The summed E-state index contributed by atoms with van der Waals surface area (Å²) in [6, 6.07) is 3.80. The number of hydrogen-bond acceptors (Lipinski definition) is 7. The molecule has 0 bridgehead atoms. The van der Waals surface area contributed by atoms with Gasteiger partial charge in [0.15, 0.2) is 0 Å². The molecule has 3 atom stereocenters. The zero-order chi connectivity index (χ0) is 31.9. The number of likely N-dealkylation sites (N-methyl/N-ethyl adjacent to an activating group) is 1. The minimum Gasteiger partial charge on any atom is -0.374 e. The number of aromatic nitrogens is 2. The molecule has 44 heavy (non-hydrogen) atoms. The van der Waals surface area contributed by atoms with Gasteiger partial charge in [-0.3, -0.25) is 9.36 Å². The Morgan fingerprint density at radius 2 is 1.93 bits per heavy atom. The number of nitrogens with zero attached hydrogens (tertiary/aromatic N) is 4. The predicted octanol–water partition coefficient (Wildman–Crippen LogP) is 5.20. The summed E-state index contributed by atoms with van der Waals surface area (Å²) in [5, 5.41) is 2.81. The lowest BCUT2D eigenvalue weighted by atomic mass is 9.96. The van der Waals surface area contributed by atoms with Crippen LogP contribution in [0.15, 0.2) is 46.6 Å². The van der Waals surface area contributed by atoms with E-state index in [0.29, 0.717) is 13.2 Å². The second-order valence-corrected chi connectivity index (χ2v) is 12.4. The number of thioether (sulfide) groups is 1. The van der Waals surface area contributed by atoms with E-state index in [9.17, 15) is 27.2 Å². The Kier molecular flexibility index (Phi) is 9.31. The van der Waals surface area contributed by atoms with Crippen molar-refractivity contribution in [1.29, 1.82) is 0 Å². The molecule has 2 aliphatic heterocycles. The van der Waals surface area contributed by atoms with E-state index in [1.165, 1.54) is 22.8 Å². The summed E-state index contributed by atoms with van der Waals surface area (Å²) in [5.74, 6) is -0.651. The lowest BCUT2D eigenvalue weighted by molar-refractivity contribution is -0.137. The summed E-state index contributed by atoms with van der Waals surface area (Å²) >= 11 is 7.19. The number of ether oxygens (including phenoxy) is 1. The maximum Gasteiger partial charge on any atom is 0.417 e. The van der Waals surface area contributed by atoms with Crippen molar-refractivity contribution in [2.45, 2.75) is 49.7 Å². The van der Waals surface area contributed by atoms with Crippen LogP contribution in [0, 0.1) is 5.82 Å². The van der Waals surface area contributed by atoms with Crippen LogP contribution in [0.5, 0.6) is 0 Å². The van der Waals surface area contributed by atoms with Crippen LogP contribution in [0.25, 0.3) is 22.0 Å². The van der Waals surface area contributed by atoms with Crippen LogP contribution in [0.4, 0.5) is 23.4 Å². The van der Waals surface area contributed by atoms with Crippen LogP contribution in [-0.2, 0) is 22.3 Å². The third kappa shape index (κ3) is 6.07. The Morgan fingerprint density at radius 3 is 2.55 bits per heavy atom. The summed E-state index contributed by atoms with van der Waals surface area (Å²) in [5.41, 5.74) is -1.43. The molecule has 0 spiro atoms. The molecule has 1 amide bonds. The standard InChI is InChI=1S/C30H32ClF4N5O3S/c1-5-24(41)40-16(2)12-38(13-17(40)3)28-20-11-21(30(33,34)35)25(18-6-7-23(32)22(31)10-18)27-26(20)39(29(42)37-28)14-19(15-44-27)43-9-8-36-4/h5-7,10-11,16-17,19,36H,1,8-9,12-15H2,2-4H3. The van der Waals surface area contributed by atoms with E-state index in [1.807, 2.05) is 13.8 Å². The highest BCUT2D eigenvalue weighted by molar-refractivity contribution is 7.99. The SMILES string of the molecule is C=CC(=O)N1C(C)CN(c2nc(=O)n3c4c(c(-c5ccc(F)c(Cl)c5)c(C(F)(F)F)cc24)SCC(OCCNC)C3)CC1C. The number of hydrogen-bond donors (Lipinski definition) is 1. The molecule has 1 fully saturated rings. The molecule has 0 aliphatic carbocycles. The van der Waals surface area contributed by atoms with E-state index in [4.69, 9.17) is 16.3 Å². The van der Waals surface area contributed by atoms with Crippen molar-refractivity contribution in [3.05, 3.63) is 63.8 Å². The van der Waals surface area contributed by atoms with Crippen LogP contribution in [0.2, 0.25) is 5.02 Å². The first-order valence-electron chi connectivity index (χ1n) is 14.1. The molecule has 0 saturated carbocycles. The van der Waals surface area contributed by atoms with Crippen LogP contribution < -0.4 is 15.9 Å². The van der Waals surface area contributed by atoms with Gasteiger partial charge < -0.3 is 19.9 Å². The number of anilines is 1. The average molecular weight is 654 g/mol. The first-order chi connectivity index (χ1) is 20.8. The first kappa shape index (κ1) is 32.3. The Morgan fingerprint density at radius 1 is 1.23 bits per heavy atom. The monoisotopic (exact) mass is 653 g/mol. The smallest absolute Gasteiger partial charge is 0.374 e. The molecule has 1 saturated heterocycles. The fourth-order valence-electron chi connectivity index (χ4n) is 6.00. The topological polar surface area (TPSA) is 79.7 Å². The Bertz CT molecular complexity index is 1650. The number of benzene rings is 2. The second kappa shape index (κ2) is 12.7. The number of piperazine rings is 1. The fraction of sp³-hybridized carbons (Fsp3) is 0.433. The number of amides is 1. The highest BCUT2D eigenvalue weighted by Crippen LogP contribution is 2.48. The molecule has 3 unspecified atom stereocenters. The Balaban J connectivity index is 1.78. The molecule has 2 aromatic carbocycles. The number of rotatable bonds is 7. The average Bonchev–Trinajstić information content (AvgIpc) is 3.16. The van der Waals surface area contributed by atoms with Crippen LogP contribution in [0.3, 0.4) is 0 Å². The number of carbonyl (C=O) groups excluding carboxylic acids is 1. The lowest BCUT2D eigenvalue weighted by Gasteiger charge is -2.44. The molecule has 3 aromatic rings. The minimum atomic E-state index is -4.82.